The van der Waals surface area contributed by atoms with Gasteiger partial charge in [0.15, 0.2) is 6.29 Å². The van der Waals surface area contributed by atoms with Crippen LogP contribution >= 0.6 is 0 Å². The van der Waals surface area contributed by atoms with Crippen LogP contribution in [-0.4, -0.2) is 25.4 Å². The molecule has 0 unspecified atom stereocenters. The second-order valence-corrected chi connectivity index (χ2v) is 4.21. The number of aldehydes is 1. The maximum atomic E-state index is 11.3. The Labute approximate surface area is 126 Å². The molecule has 0 atom stereocenters. The van der Waals surface area contributed by atoms with Crippen molar-refractivity contribution in [1.29, 1.82) is 0 Å². The van der Waals surface area contributed by atoms with Crippen LogP contribution in [-0.2, 0) is 0 Å². The number of methoxy groups -OCH3 is 2. The zero-order valence-electron chi connectivity index (χ0n) is 11.9. The van der Waals surface area contributed by atoms with E-state index < -0.39 is 4.92 Å². The minimum Gasteiger partial charge on any atom is -0.496 e. The van der Waals surface area contributed by atoms with Crippen LogP contribution < -0.4 is 14.2 Å². The van der Waals surface area contributed by atoms with Gasteiger partial charge in [-0.05, 0) is 12.1 Å². The Balaban J connectivity index is 2.39. The fourth-order valence-corrected chi connectivity index (χ4v) is 1.83. The quantitative estimate of drug-likeness (QED) is 0.462. The molecule has 2 aromatic rings. The van der Waals surface area contributed by atoms with Gasteiger partial charge >= 0.3 is 0 Å². The van der Waals surface area contributed by atoms with Gasteiger partial charge in [-0.3, -0.25) is 14.9 Å². The Hall–Kier alpha value is -3.09. The summed E-state index contributed by atoms with van der Waals surface area (Å²) in [5.74, 6) is 1.36. The van der Waals surface area contributed by atoms with E-state index in [2.05, 4.69) is 0 Å². The van der Waals surface area contributed by atoms with Crippen LogP contribution in [0.15, 0.2) is 36.4 Å². The highest BCUT2D eigenvalue weighted by Gasteiger charge is 2.14. The van der Waals surface area contributed by atoms with Crippen molar-refractivity contribution >= 4 is 12.0 Å². The van der Waals surface area contributed by atoms with Gasteiger partial charge in [0.1, 0.15) is 23.0 Å². The Morgan fingerprint density at radius 2 is 1.64 bits per heavy atom. The molecule has 0 saturated carbocycles. The first-order valence-corrected chi connectivity index (χ1v) is 6.22. The number of nitro groups is 1. The first-order chi connectivity index (χ1) is 10.6. The van der Waals surface area contributed by atoms with Gasteiger partial charge in [0.25, 0.3) is 5.69 Å². The van der Waals surface area contributed by atoms with Crippen molar-refractivity contribution in [3.05, 3.63) is 52.1 Å². The number of benzene rings is 2. The average molecular weight is 303 g/mol. The third-order valence-corrected chi connectivity index (χ3v) is 2.93. The number of ether oxygens (including phenoxy) is 3. The summed E-state index contributed by atoms with van der Waals surface area (Å²) < 4.78 is 15.9. The van der Waals surface area contributed by atoms with Crippen LogP contribution in [0.3, 0.4) is 0 Å². The summed E-state index contributed by atoms with van der Waals surface area (Å²) >= 11 is 0. The summed E-state index contributed by atoms with van der Waals surface area (Å²) in [6.45, 7) is 0. The minimum absolute atomic E-state index is 0.0498. The normalized spacial score (nSPS) is 9.91. The third kappa shape index (κ3) is 3.14. The van der Waals surface area contributed by atoms with E-state index >= 15 is 0 Å². The second-order valence-electron chi connectivity index (χ2n) is 4.21. The van der Waals surface area contributed by atoms with Crippen molar-refractivity contribution in [3.8, 4) is 23.0 Å². The molecule has 0 aromatic heterocycles. The van der Waals surface area contributed by atoms with Gasteiger partial charge < -0.3 is 14.2 Å². The van der Waals surface area contributed by atoms with E-state index in [0.717, 1.165) is 0 Å². The topological polar surface area (TPSA) is 87.9 Å². The predicted molar refractivity (Wildman–Crippen MR) is 78.1 cm³/mol. The fraction of sp³-hybridized carbons (Fsp3) is 0.133. The molecule has 0 radical (unpaired) electrons. The highest BCUT2D eigenvalue weighted by atomic mass is 16.6. The van der Waals surface area contributed by atoms with E-state index in [1.807, 2.05) is 0 Å². The minimum atomic E-state index is -0.505. The fourth-order valence-electron chi connectivity index (χ4n) is 1.83. The molecule has 7 heteroatoms. The SMILES string of the molecule is COc1cc(OC)c(C=O)c(Oc2ccc([N+](=O)[O-])cc2)c1. The van der Waals surface area contributed by atoms with E-state index in [1.54, 1.807) is 6.07 Å². The number of non-ortho nitro benzene ring substituents is 1. The Morgan fingerprint density at radius 1 is 1.00 bits per heavy atom. The van der Waals surface area contributed by atoms with Gasteiger partial charge in [0, 0.05) is 24.3 Å². The molecular weight excluding hydrogens is 290 g/mol. The van der Waals surface area contributed by atoms with Crippen molar-refractivity contribution < 1.29 is 23.9 Å². The van der Waals surface area contributed by atoms with E-state index in [0.29, 0.717) is 23.5 Å². The Bertz CT molecular complexity index is 696. The molecule has 0 amide bonds. The average Bonchev–Trinajstić information content (AvgIpc) is 2.54. The van der Waals surface area contributed by atoms with Crippen molar-refractivity contribution in [1.82, 2.24) is 0 Å². The monoisotopic (exact) mass is 303 g/mol. The highest BCUT2D eigenvalue weighted by molar-refractivity contribution is 5.84. The van der Waals surface area contributed by atoms with Gasteiger partial charge in [-0.15, -0.1) is 0 Å². The zero-order chi connectivity index (χ0) is 16.1. The van der Waals surface area contributed by atoms with Crippen molar-refractivity contribution in [3.63, 3.8) is 0 Å². The van der Waals surface area contributed by atoms with Crippen molar-refractivity contribution in [2.24, 2.45) is 0 Å². The third-order valence-electron chi connectivity index (χ3n) is 2.93. The molecule has 0 bridgehead atoms. The Morgan fingerprint density at radius 3 is 2.14 bits per heavy atom. The molecule has 0 spiro atoms. The molecule has 0 aliphatic rings. The zero-order valence-corrected chi connectivity index (χ0v) is 11.9. The van der Waals surface area contributed by atoms with Crippen LogP contribution in [0.4, 0.5) is 5.69 Å². The van der Waals surface area contributed by atoms with Crippen LogP contribution in [0.2, 0.25) is 0 Å². The largest absolute Gasteiger partial charge is 0.496 e. The Kier molecular flexibility index (Phi) is 4.57. The molecule has 0 aliphatic carbocycles. The summed E-state index contributed by atoms with van der Waals surface area (Å²) in [5.41, 5.74) is 0.174. The first kappa shape index (κ1) is 15.3. The number of rotatable bonds is 6. The molecule has 114 valence electrons. The summed E-state index contributed by atoms with van der Waals surface area (Å²) in [7, 11) is 2.91. The lowest BCUT2D eigenvalue weighted by Gasteiger charge is -2.13. The lowest BCUT2D eigenvalue weighted by molar-refractivity contribution is -0.384. The summed E-state index contributed by atoms with van der Waals surface area (Å²) in [5, 5.41) is 10.6. The molecule has 0 aliphatic heterocycles. The smallest absolute Gasteiger partial charge is 0.269 e. The molecule has 0 N–H and O–H groups in total. The number of carbonyl (C=O) groups is 1. The van der Waals surface area contributed by atoms with Gasteiger partial charge in [-0.25, -0.2) is 0 Å². The second kappa shape index (κ2) is 6.57. The van der Waals surface area contributed by atoms with Gasteiger partial charge in [-0.2, -0.15) is 0 Å². The molecule has 22 heavy (non-hydrogen) atoms. The molecule has 0 heterocycles. The number of hydrogen-bond acceptors (Lipinski definition) is 6. The van der Waals surface area contributed by atoms with Gasteiger partial charge in [-0.1, -0.05) is 0 Å². The first-order valence-electron chi connectivity index (χ1n) is 6.22. The van der Waals surface area contributed by atoms with Crippen LogP contribution in [0.5, 0.6) is 23.0 Å². The van der Waals surface area contributed by atoms with E-state index in [-0.39, 0.29) is 17.0 Å². The molecule has 2 aromatic carbocycles. The molecular formula is C15H13NO6. The maximum absolute atomic E-state index is 11.3. The van der Waals surface area contributed by atoms with E-state index in [4.69, 9.17) is 14.2 Å². The predicted octanol–water partition coefficient (Wildman–Crippen LogP) is 3.22. The van der Waals surface area contributed by atoms with Crippen molar-refractivity contribution in [2.75, 3.05) is 14.2 Å². The summed E-state index contributed by atoms with van der Waals surface area (Å²) in [4.78, 5) is 21.4. The number of nitro benzene ring substituents is 1. The molecule has 0 saturated heterocycles. The molecule has 2 rings (SSSR count). The van der Waals surface area contributed by atoms with Gasteiger partial charge in [0.05, 0.1) is 24.7 Å². The standard InChI is InChI=1S/C15H13NO6/c1-20-12-7-14(21-2)13(9-17)15(8-12)22-11-5-3-10(4-6-11)16(18)19/h3-9H,1-2H3. The van der Waals surface area contributed by atoms with Crippen LogP contribution in [0.1, 0.15) is 10.4 Å². The van der Waals surface area contributed by atoms with Crippen LogP contribution in [0.25, 0.3) is 0 Å². The maximum Gasteiger partial charge on any atom is 0.269 e. The number of hydrogen-bond donors (Lipinski definition) is 0. The summed E-state index contributed by atoms with van der Waals surface area (Å²) in [6.07, 6.45) is 0.610. The lowest BCUT2D eigenvalue weighted by atomic mass is 10.2. The van der Waals surface area contributed by atoms with Gasteiger partial charge in [0.2, 0.25) is 0 Å². The van der Waals surface area contributed by atoms with Crippen molar-refractivity contribution in [2.45, 2.75) is 0 Å². The van der Waals surface area contributed by atoms with E-state index in [9.17, 15) is 14.9 Å². The number of nitrogens with zero attached hydrogens (tertiary/aromatic N) is 1. The molecule has 7 nitrogen and oxygen atoms in total. The van der Waals surface area contributed by atoms with Crippen LogP contribution in [0, 0.1) is 10.1 Å². The molecule has 0 fully saturated rings. The highest BCUT2D eigenvalue weighted by Crippen LogP contribution is 2.35. The van der Waals surface area contributed by atoms with E-state index in [1.165, 1.54) is 44.6 Å². The summed E-state index contributed by atoms with van der Waals surface area (Å²) in [6, 6.07) is 8.61. The number of carbonyl (C=O) groups excluding carboxylic acids is 1. The lowest BCUT2D eigenvalue weighted by Crippen LogP contribution is -1.97.